The first-order chi connectivity index (χ1) is 17.0. The number of carbonyl (C=O) groups is 1. The highest BCUT2D eigenvalue weighted by Crippen LogP contribution is 2.40. The second-order valence-electron chi connectivity index (χ2n) is 9.42. The topological polar surface area (TPSA) is 65.9 Å². The second-order valence-corrected chi connectivity index (χ2v) is 9.42. The van der Waals surface area contributed by atoms with Gasteiger partial charge in [-0.2, -0.15) is 18.3 Å². The Hall–Kier alpha value is -3.12. The van der Waals surface area contributed by atoms with Crippen LogP contribution in [-0.2, 0) is 22.5 Å². The average molecular weight is 509 g/mol. The number of anilines is 2. The Kier molecular flexibility index (Phi) is 6.19. The first-order valence-electron chi connectivity index (χ1n) is 11.8. The molecule has 0 radical (unpaired) electrons. The Labute approximate surface area is 206 Å². The maximum absolute atomic E-state index is 15.2. The van der Waals surface area contributed by atoms with Crippen LogP contribution >= 0.6 is 0 Å². The summed E-state index contributed by atoms with van der Waals surface area (Å²) in [6.07, 6.45) is -1.73. The largest absolute Gasteiger partial charge is 0.409 e. The Balaban J connectivity index is 1.46. The normalized spacial score (nSPS) is 22.7. The molecule has 2 atom stereocenters. The molecule has 36 heavy (non-hydrogen) atoms. The van der Waals surface area contributed by atoms with E-state index in [0.29, 0.717) is 38.5 Å². The minimum atomic E-state index is -4.52. The smallest absolute Gasteiger partial charge is 0.379 e. The molecule has 1 fully saturated rings. The molecule has 2 unspecified atom stereocenters. The quantitative estimate of drug-likeness (QED) is 0.636. The zero-order valence-corrected chi connectivity index (χ0v) is 20.3. The molecule has 3 aliphatic rings. The zero-order valence-electron chi connectivity index (χ0n) is 20.3. The third-order valence-electron chi connectivity index (χ3n) is 7.14. The van der Waals surface area contributed by atoms with Gasteiger partial charge in [-0.05, 0) is 24.1 Å². The standard InChI is InChI=1S/C24H28F4N6O2/c1-14(35)33-8-6-21-18(12-33)23(30-34(21)16-7-9-36-13-16)29-20-5-4-15(10-19(20)25)17-11-31(2)32(3)22(17)24(26,27)28/h4-5,10-11,16,22H,6-9,12-13H2,1-3H3,(H,29,30). The lowest BCUT2D eigenvalue weighted by Crippen LogP contribution is -2.45. The number of nitrogens with zero attached hydrogens (tertiary/aromatic N) is 5. The minimum absolute atomic E-state index is 0.0297. The lowest BCUT2D eigenvalue weighted by atomic mass is 9.99. The highest BCUT2D eigenvalue weighted by Gasteiger charge is 2.49. The van der Waals surface area contributed by atoms with Crippen LogP contribution in [0.3, 0.4) is 0 Å². The van der Waals surface area contributed by atoms with Crippen LogP contribution < -0.4 is 5.32 Å². The van der Waals surface area contributed by atoms with Crippen molar-refractivity contribution in [1.29, 1.82) is 0 Å². The van der Waals surface area contributed by atoms with E-state index < -0.39 is 18.0 Å². The summed E-state index contributed by atoms with van der Waals surface area (Å²) < 4.78 is 63.8. The predicted molar refractivity (Wildman–Crippen MR) is 125 cm³/mol. The number of hydrogen-bond acceptors (Lipinski definition) is 6. The molecule has 0 aliphatic carbocycles. The Morgan fingerprint density at radius 3 is 2.67 bits per heavy atom. The number of halogens is 4. The predicted octanol–water partition coefficient (Wildman–Crippen LogP) is 3.70. The van der Waals surface area contributed by atoms with Crippen LogP contribution in [0.15, 0.2) is 24.4 Å². The van der Waals surface area contributed by atoms with E-state index >= 15 is 4.39 Å². The molecule has 1 aromatic heterocycles. The van der Waals surface area contributed by atoms with Crippen molar-refractivity contribution in [3.05, 3.63) is 47.0 Å². The Morgan fingerprint density at radius 1 is 1.25 bits per heavy atom. The molecule has 0 saturated carbocycles. The monoisotopic (exact) mass is 508 g/mol. The molecule has 2 aromatic rings. The van der Waals surface area contributed by atoms with Crippen molar-refractivity contribution in [2.24, 2.45) is 0 Å². The van der Waals surface area contributed by atoms with Crippen LogP contribution in [0.5, 0.6) is 0 Å². The summed E-state index contributed by atoms with van der Waals surface area (Å²) in [5.74, 6) is -0.321. The van der Waals surface area contributed by atoms with E-state index in [9.17, 15) is 18.0 Å². The highest BCUT2D eigenvalue weighted by atomic mass is 19.4. The molecule has 0 bridgehead atoms. The fraction of sp³-hybridized carbons (Fsp3) is 0.500. The molecule has 1 amide bonds. The van der Waals surface area contributed by atoms with Crippen LogP contribution in [0.4, 0.5) is 29.1 Å². The molecule has 8 nitrogen and oxygen atoms in total. The number of aromatic nitrogens is 2. The maximum atomic E-state index is 15.2. The number of alkyl halides is 3. The summed E-state index contributed by atoms with van der Waals surface area (Å²) in [5.41, 5.74) is 2.01. The van der Waals surface area contributed by atoms with E-state index in [1.54, 1.807) is 4.90 Å². The van der Waals surface area contributed by atoms with Gasteiger partial charge in [0.15, 0.2) is 11.9 Å². The van der Waals surface area contributed by atoms with Gasteiger partial charge in [-0.15, -0.1) is 0 Å². The molecular weight excluding hydrogens is 480 g/mol. The van der Waals surface area contributed by atoms with E-state index in [1.807, 2.05) is 4.68 Å². The molecule has 1 saturated heterocycles. The number of amides is 1. The zero-order chi connectivity index (χ0) is 25.8. The van der Waals surface area contributed by atoms with Crippen LogP contribution in [0.1, 0.15) is 36.2 Å². The minimum Gasteiger partial charge on any atom is -0.379 e. The van der Waals surface area contributed by atoms with Crippen molar-refractivity contribution >= 4 is 23.0 Å². The van der Waals surface area contributed by atoms with Gasteiger partial charge in [-0.25, -0.2) is 9.40 Å². The molecule has 4 heterocycles. The maximum Gasteiger partial charge on any atom is 0.409 e. The molecule has 1 aromatic carbocycles. The van der Waals surface area contributed by atoms with Gasteiger partial charge in [0, 0.05) is 63.6 Å². The van der Waals surface area contributed by atoms with Gasteiger partial charge in [0.25, 0.3) is 0 Å². The first-order valence-corrected chi connectivity index (χ1v) is 11.8. The van der Waals surface area contributed by atoms with Crippen molar-refractivity contribution in [3.8, 4) is 0 Å². The van der Waals surface area contributed by atoms with Gasteiger partial charge in [-0.3, -0.25) is 9.48 Å². The van der Waals surface area contributed by atoms with Gasteiger partial charge in [0.05, 0.1) is 24.9 Å². The lowest BCUT2D eigenvalue weighted by Gasteiger charge is -2.29. The first kappa shape index (κ1) is 24.6. The molecule has 194 valence electrons. The number of likely N-dealkylation sites (N-methyl/N-ethyl adjacent to an activating group) is 1. The van der Waals surface area contributed by atoms with E-state index in [0.717, 1.165) is 28.8 Å². The number of carbonyl (C=O) groups excluding carboxylic acids is 1. The fourth-order valence-electron chi connectivity index (χ4n) is 5.12. The van der Waals surface area contributed by atoms with Gasteiger partial charge in [-0.1, -0.05) is 6.07 Å². The van der Waals surface area contributed by atoms with Gasteiger partial charge < -0.3 is 20.0 Å². The lowest BCUT2D eigenvalue weighted by molar-refractivity contribution is -0.181. The summed E-state index contributed by atoms with van der Waals surface area (Å²) in [7, 11) is 2.85. The van der Waals surface area contributed by atoms with Crippen LogP contribution in [0.2, 0.25) is 0 Å². The summed E-state index contributed by atoms with van der Waals surface area (Å²) in [6, 6.07) is 2.20. The van der Waals surface area contributed by atoms with E-state index in [-0.39, 0.29) is 28.8 Å². The number of hydrazine groups is 1. The van der Waals surface area contributed by atoms with E-state index in [2.05, 4.69) is 5.32 Å². The Morgan fingerprint density at radius 2 is 2.03 bits per heavy atom. The van der Waals surface area contributed by atoms with Crippen LogP contribution in [0.25, 0.3) is 5.57 Å². The summed E-state index contributed by atoms with van der Waals surface area (Å²) in [4.78, 5) is 13.7. The van der Waals surface area contributed by atoms with Crippen LogP contribution in [-0.4, -0.2) is 76.7 Å². The van der Waals surface area contributed by atoms with Crippen molar-refractivity contribution in [3.63, 3.8) is 0 Å². The average Bonchev–Trinajstić information content (AvgIpc) is 3.53. The summed E-state index contributed by atoms with van der Waals surface area (Å²) in [5, 5.41) is 10.1. The molecule has 12 heteroatoms. The molecule has 3 aliphatic heterocycles. The Bertz CT molecular complexity index is 1200. The highest BCUT2D eigenvalue weighted by molar-refractivity contribution is 5.75. The summed E-state index contributed by atoms with van der Waals surface area (Å²) >= 11 is 0. The number of benzene rings is 1. The van der Waals surface area contributed by atoms with E-state index in [4.69, 9.17) is 9.84 Å². The van der Waals surface area contributed by atoms with E-state index in [1.165, 1.54) is 44.4 Å². The van der Waals surface area contributed by atoms with Crippen molar-refractivity contribution in [2.75, 3.05) is 39.2 Å². The molecule has 5 rings (SSSR count). The van der Waals surface area contributed by atoms with Crippen molar-refractivity contribution in [1.82, 2.24) is 24.7 Å². The summed E-state index contributed by atoms with van der Waals surface area (Å²) in [6.45, 7) is 3.59. The van der Waals surface area contributed by atoms with Crippen molar-refractivity contribution in [2.45, 2.75) is 44.6 Å². The number of ether oxygens (including phenoxy) is 1. The fourth-order valence-corrected chi connectivity index (χ4v) is 5.12. The third kappa shape index (κ3) is 4.32. The van der Waals surface area contributed by atoms with Gasteiger partial charge in [0.1, 0.15) is 5.82 Å². The molecule has 1 N–H and O–H groups in total. The second kappa shape index (κ2) is 9.07. The van der Waals surface area contributed by atoms with Crippen molar-refractivity contribution < 1.29 is 27.1 Å². The van der Waals surface area contributed by atoms with Gasteiger partial charge in [0.2, 0.25) is 5.91 Å². The third-order valence-corrected chi connectivity index (χ3v) is 7.14. The SMILES string of the molecule is CC(=O)N1CCc2c(c(Nc3ccc(C4=CN(C)N(C)C4C(F)(F)F)cc3F)nn2C2CCOC2)C1. The number of fused-ring (bicyclic) bond motifs is 1. The number of nitrogens with one attached hydrogen (secondary N) is 1. The van der Waals surface area contributed by atoms with Crippen LogP contribution in [0, 0.1) is 5.82 Å². The number of rotatable bonds is 4. The van der Waals surface area contributed by atoms with Gasteiger partial charge >= 0.3 is 6.18 Å². The number of hydrogen-bond donors (Lipinski definition) is 1. The molecule has 0 spiro atoms. The molecular formula is C24H28F4N6O2.